The summed E-state index contributed by atoms with van der Waals surface area (Å²) in [5.41, 5.74) is 2.40. The number of para-hydroxylation sites is 1. The van der Waals surface area contributed by atoms with Crippen LogP contribution in [0.3, 0.4) is 0 Å². The number of nitrogens with zero attached hydrogens (tertiary/aromatic N) is 1. The van der Waals surface area contributed by atoms with E-state index in [1.807, 2.05) is 19.1 Å². The maximum absolute atomic E-state index is 13.2. The molecule has 3 amide bonds. The highest BCUT2D eigenvalue weighted by molar-refractivity contribution is 9.10. The lowest BCUT2D eigenvalue weighted by molar-refractivity contribution is -0.140. The van der Waals surface area contributed by atoms with E-state index < -0.39 is 23.9 Å². The molecule has 0 unspecified atom stereocenters. The minimum atomic E-state index is -1.27. The first-order chi connectivity index (χ1) is 15.3. The van der Waals surface area contributed by atoms with Gasteiger partial charge in [0.2, 0.25) is 5.91 Å². The summed E-state index contributed by atoms with van der Waals surface area (Å²) in [6.07, 6.45) is 0. The zero-order chi connectivity index (χ0) is 23.1. The van der Waals surface area contributed by atoms with Crippen molar-refractivity contribution >= 4 is 45.2 Å². The Bertz CT molecular complexity index is 1120. The van der Waals surface area contributed by atoms with Crippen molar-refractivity contribution < 1.29 is 19.5 Å². The number of amides is 3. The molecule has 3 aromatic rings. The van der Waals surface area contributed by atoms with Gasteiger partial charge < -0.3 is 15.7 Å². The number of halogens is 1. The van der Waals surface area contributed by atoms with Gasteiger partial charge in [0.05, 0.1) is 6.54 Å². The summed E-state index contributed by atoms with van der Waals surface area (Å²) in [7, 11) is 0. The lowest BCUT2D eigenvalue weighted by Gasteiger charge is -2.29. The molecule has 1 atom stereocenters. The predicted molar refractivity (Wildman–Crippen MR) is 127 cm³/mol. The molecule has 0 aliphatic carbocycles. The normalized spacial score (nSPS) is 11.3. The van der Waals surface area contributed by atoms with E-state index in [4.69, 9.17) is 0 Å². The number of anilines is 2. The third-order valence-corrected chi connectivity index (χ3v) is 5.13. The van der Waals surface area contributed by atoms with Crippen LogP contribution in [0, 0.1) is 6.92 Å². The monoisotopic (exact) mass is 495 g/mol. The Hall–Kier alpha value is -3.65. The van der Waals surface area contributed by atoms with Crippen molar-refractivity contribution in [2.24, 2.45) is 0 Å². The summed E-state index contributed by atoms with van der Waals surface area (Å²) in [6.45, 7) is 1.52. The van der Waals surface area contributed by atoms with E-state index in [0.29, 0.717) is 21.4 Å². The van der Waals surface area contributed by atoms with Crippen LogP contribution < -0.4 is 15.5 Å². The fourth-order valence-corrected chi connectivity index (χ4v) is 3.66. The Balaban J connectivity index is 1.83. The SMILES string of the molecule is Cc1cccc(NC(=O)NCC(=O)N(c2ccccc2)[C@H](C(=O)O)c2cccc(Br)c2)c1. The number of carboxylic acids is 1. The molecule has 0 saturated heterocycles. The zero-order valence-corrected chi connectivity index (χ0v) is 18.9. The van der Waals surface area contributed by atoms with Gasteiger partial charge in [-0.2, -0.15) is 0 Å². The average Bonchev–Trinajstić information content (AvgIpc) is 2.76. The third kappa shape index (κ3) is 5.95. The van der Waals surface area contributed by atoms with Crippen LogP contribution >= 0.6 is 15.9 Å². The van der Waals surface area contributed by atoms with Gasteiger partial charge in [0.1, 0.15) is 0 Å². The number of carbonyl (C=O) groups is 3. The van der Waals surface area contributed by atoms with Gasteiger partial charge in [0.25, 0.3) is 0 Å². The van der Waals surface area contributed by atoms with Crippen molar-refractivity contribution in [2.75, 3.05) is 16.8 Å². The highest BCUT2D eigenvalue weighted by Gasteiger charge is 2.32. The van der Waals surface area contributed by atoms with E-state index in [2.05, 4.69) is 26.6 Å². The topological polar surface area (TPSA) is 98.7 Å². The van der Waals surface area contributed by atoms with Crippen molar-refractivity contribution in [3.63, 3.8) is 0 Å². The molecular formula is C24H22BrN3O4. The number of carbonyl (C=O) groups excluding carboxylic acids is 2. The van der Waals surface area contributed by atoms with Crippen molar-refractivity contribution in [1.82, 2.24) is 5.32 Å². The molecule has 0 aliphatic heterocycles. The summed E-state index contributed by atoms with van der Waals surface area (Å²) in [6, 6.07) is 20.7. The Labute approximate surface area is 194 Å². The number of hydrogen-bond donors (Lipinski definition) is 3. The number of hydrogen-bond acceptors (Lipinski definition) is 3. The summed E-state index contributed by atoms with van der Waals surface area (Å²) >= 11 is 3.35. The Morgan fingerprint density at radius 1 is 0.969 bits per heavy atom. The number of benzene rings is 3. The van der Waals surface area contributed by atoms with E-state index in [1.54, 1.807) is 66.7 Å². The second kappa shape index (κ2) is 10.6. The number of aliphatic carboxylic acids is 1. The summed E-state index contributed by atoms with van der Waals surface area (Å²) < 4.78 is 0.692. The largest absolute Gasteiger partial charge is 0.479 e. The third-order valence-electron chi connectivity index (χ3n) is 4.64. The van der Waals surface area contributed by atoms with Gasteiger partial charge in [-0.1, -0.05) is 58.4 Å². The second-order valence-electron chi connectivity index (χ2n) is 7.07. The molecule has 0 saturated carbocycles. The molecule has 3 aromatic carbocycles. The van der Waals surface area contributed by atoms with Crippen LogP contribution in [0.15, 0.2) is 83.3 Å². The van der Waals surface area contributed by atoms with E-state index in [0.717, 1.165) is 5.56 Å². The number of rotatable bonds is 7. The van der Waals surface area contributed by atoms with Crippen molar-refractivity contribution in [2.45, 2.75) is 13.0 Å². The van der Waals surface area contributed by atoms with E-state index >= 15 is 0 Å². The van der Waals surface area contributed by atoms with Crippen LogP contribution in [0.4, 0.5) is 16.2 Å². The molecule has 0 aromatic heterocycles. The molecule has 0 aliphatic rings. The van der Waals surface area contributed by atoms with Crippen LogP contribution in [-0.2, 0) is 9.59 Å². The second-order valence-corrected chi connectivity index (χ2v) is 7.99. The van der Waals surface area contributed by atoms with Gasteiger partial charge in [0, 0.05) is 15.8 Å². The highest BCUT2D eigenvalue weighted by Crippen LogP contribution is 2.29. The number of urea groups is 1. The lowest BCUT2D eigenvalue weighted by atomic mass is 10.0. The van der Waals surface area contributed by atoms with Crippen molar-refractivity contribution in [3.8, 4) is 0 Å². The molecule has 3 N–H and O–H groups in total. The smallest absolute Gasteiger partial charge is 0.331 e. The van der Waals surface area contributed by atoms with Gasteiger partial charge in [-0.25, -0.2) is 9.59 Å². The molecule has 164 valence electrons. The first-order valence-electron chi connectivity index (χ1n) is 9.82. The first kappa shape index (κ1) is 23.0. The molecule has 0 spiro atoms. The van der Waals surface area contributed by atoms with Crippen LogP contribution in [-0.4, -0.2) is 29.6 Å². The predicted octanol–water partition coefficient (Wildman–Crippen LogP) is 4.74. The van der Waals surface area contributed by atoms with E-state index in [1.165, 1.54) is 4.90 Å². The average molecular weight is 496 g/mol. The zero-order valence-electron chi connectivity index (χ0n) is 17.3. The molecule has 0 radical (unpaired) electrons. The van der Waals surface area contributed by atoms with Crippen molar-refractivity contribution in [1.29, 1.82) is 0 Å². The maximum atomic E-state index is 13.2. The first-order valence-corrected chi connectivity index (χ1v) is 10.6. The fraction of sp³-hybridized carbons (Fsp3) is 0.125. The number of aryl methyl sites for hydroxylation is 1. The number of carboxylic acid groups (broad SMARTS) is 1. The quantitative estimate of drug-likeness (QED) is 0.440. The van der Waals surface area contributed by atoms with Gasteiger partial charge >= 0.3 is 12.0 Å². The fourth-order valence-electron chi connectivity index (χ4n) is 3.24. The van der Waals surface area contributed by atoms with Gasteiger partial charge in [-0.3, -0.25) is 9.69 Å². The lowest BCUT2D eigenvalue weighted by Crippen LogP contribution is -2.45. The molecule has 0 fully saturated rings. The summed E-state index contributed by atoms with van der Waals surface area (Å²) in [4.78, 5) is 38.9. The summed E-state index contributed by atoms with van der Waals surface area (Å²) in [5, 5.41) is 15.2. The van der Waals surface area contributed by atoms with Gasteiger partial charge in [-0.05, 0) is 54.4 Å². The molecule has 32 heavy (non-hydrogen) atoms. The highest BCUT2D eigenvalue weighted by atomic mass is 79.9. The number of nitrogens with one attached hydrogen (secondary N) is 2. The summed E-state index contributed by atoms with van der Waals surface area (Å²) in [5.74, 6) is -1.76. The van der Waals surface area contributed by atoms with Gasteiger partial charge in [0.15, 0.2) is 6.04 Å². The Morgan fingerprint density at radius 2 is 1.69 bits per heavy atom. The van der Waals surface area contributed by atoms with Crippen LogP contribution in [0.1, 0.15) is 17.2 Å². The molecular weight excluding hydrogens is 474 g/mol. The minimum absolute atomic E-state index is 0.385. The van der Waals surface area contributed by atoms with Crippen LogP contribution in [0.2, 0.25) is 0 Å². The minimum Gasteiger partial charge on any atom is -0.479 e. The molecule has 8 heteroatoms. The van der Waals surface area contributed by atoms with Gasteiger partial charge in [-0.15, -0.1) is 0 Å². The molecule has 3 rings (SSSR count). The van der Waals surface area contributed by atoms with Crippen LogP contribution in [0.5, 0.6) is 0 Å². The Kier molecular flexibility index (Phi) is 7.62. The van der Waals surface area contributed by atoms with Crippen LogP contribution in [0.25, 0.3) is 0 Å². The van der Waals surface area contributed by atoms with Crippen molar-refractivity contribution in [3.05, 3.63) is 94.5 Å². The molecule has 0 bridgehead atoms. The standard InChI is InChI=1S/C24H22BrN3O4/c1-16-7-5-10-19(13-16)27-24(32)26-15-21(29)28(20-11-3-2-4-12-20)22(23(30)31)17-8-6-9-18(25)14-17/h2-14,22H,15H2,1H3,(H,30,31)(H2,26,27,32)/t22-/m0/s1. The Morgan fingerprint density at radius 3 is 2.34 bits per heavy atom. The molecule has 7 nitrogen and oxygen atoms in total. The maximum Gasteiger partial charge on any atom is 0.331 e. The van der Waals surface area contributed by atoms with E-state index in [-0.39, 0.29) is 6.54 Å². The van der Waals surface area contributed by atoms with E-state index in [9.17, 15) is 19.5 Å². The molecule has 0 heterocycles.